The standard InChI is InChI=1S/C12H19F2N3O2S/c1-3-15-7-4-8-17(2)20(18,19)16-12-6-5-10(13)9-11(12)14/h5-6,9,15-16H,3-4,7-8H2,1-2H3. The number of hydrogen-bond acceptors (Lipinski definition) is 3. The van der Waals surface area contributed by atoms with Gasteiger partial charge in [-0.25, -0.2) is 8.78 Å². The van der Waals surface area contributed by atoms with Crippen molar-refractivity contribution in [2.24, 2.45) is 0 Å². The number of hydrogen-bond donors (Lipinski definition) is 2. The predicted octanol–water partition coefficient (Wildman–Crippen LogP) is 1.55. The first-order chi connectivity index (χ1) is 9.36. The number of rotatable bonds is 8. The van der Waals surface area contributed by atoms with Crippen LogP contribution >= 0.6 is 0 Å². The third-order valence-corrected chi connectivity index (χ3v) is 4.14. The van der Waals surface area contributed by atoms with Gasteiger partial charge >= 0.3 is 10.2 Å². The molecule has 2 N–H and O–H groups in total. The SMILES string of the molecule is CCNCCCN(C)S(=O)(=O)Nc1ccc(F)cc1F. The first kappa shape index (κ1) is 16.8. The summed E-state index contributed by atoms with van der Waals surface area (Å²) in [5.74, 6) is -1.71. The Morgan fingerprint density at radius 1 is 1.30 bits per heavy atom. The van der Waals surface area contributed by atoms with E-state index in [1.165, 1.54) is 7.05 Å². The van der Waals surface area contributed by atoms with Crippen LogP contribution in [0.2, 0.25) is 0 Å². The van der Waals surface area contributed by atoms with Crippen molar-refractivity contribution in [3.05, 3.63) is 29.8 Å². The molecule has 0 atom stereocenters. The van der Waals surface area contributed by atoms with E-state index in [0.717, 1.165) is 23.0 Å². The maximum absolute atomic E-state index is 13.4. The average Bonchev–Trinajstić information content (AvgIpc) is 2.37. The zero-order valence-corrected chi connectivity index (χ0v) is 12.3. The Morgan fingerprint density at radius 3 is 2.60 bits per heavy atom. The molecule has 0 amide bonds. The second-order valence-electron chi connectivity index (χ2n) is 4.26. The highest BCUT2D eigenvalue weighted by molar-refractivity contribution is 7.90. The lowest BCUT2D eigenvalue weighted by Gasteiger charge is -2.18. The van der Waals surface area contributed by atoms with Crippen LogP contribution < -0.4 is 10.0 Å². The molecule has 0 unspecified atom stereocenters. The van der Waals surface area contributed by atoms with Gasteiger partial charge < -0.3 is 5.32 Å². The lowest BCUT2D eigenvalue weighted by atomic mass is 10.3. The second kappa shape index (κ2) is 7.51. The summed E-state index contributed by atoms with van der Waals surface area (Å²) in [6.07, 6.45) is 0.636. The minimum atomic E-state index is -3.84. The molecule has 1 aromatic carbocycles. The van der Waals surface area contributed by atoms with E-state index in [1.54, 1.807) is 0 Å². The molecule has 0 aliphatic heterocycles. The number of nitrogens with zero attached hydrogens (tertiary/aromatic N) is 1. The maximum atomic E-state index is 13.4. The van der Waals surface area contributed by atoms with Gasteiger partial charge in [0.25, 0.3) is 0 Å². The minimum absolute atomic E-state index is 0.273. The molecule has 0 aromatic heterocycles. The molecular formula is C12H19F2N3O2S. The van der Waals surface area contributed by atoms with Crippen LogP contribution in [0, 0.1) is 11.6 Å². The van der Waals surface area contributed by atoms with Crippen LogP contribution in [0.4, 0.5) is 14.5 Å². The summed E-state index contributed by atoms with van der Waals surface area (Å²) in [6, 6.07) is 2.67. The first-order valence-electron chi connectivity index (χ1n) is 6.26. The molecule has 1 rings (SSSR count). The van der Waals surface area contributed by atoms with Crippen molar-refractivity contribution in [2.75, 3.05) is 31.4 Å². The van der Waals surface area contributed by atoms with E-state index in [4.69, 9.17) is 0 Å². The van der Waals surface area contributed by atoms with Gasteiger partial charge in [0.1, 0.15) is 11.6 Å². The lowest BCUT2D eigenvalue weighted by molar-refractivity contribution is 0.459. The Morgan fingerprint density at radius 2 is 2.00 bits per heavy atom. The van der Waals surface area contributed by atoms with Gasteiger partial charge in [-0.2, -0.15) is 12.7 Å². The molecule has 0 spiro atoms. The van der Waals surface area contributed by atoms with Crippen LogP contribution in [0.25, 0.3) is 0 Å². The van der Waals surface area contributed by atoms with Crippen LogP contribution in [0.3, 0.4) is 0 Å². The van der Waals surface area contributed by atoms with Gasteiger partial charge in [0.15, 0.2) is 0 Å². The van der Waals surface area contributed by atoms with E-state index < -0.39 is 21.8 Å². The highest BCUT2D eigenvalue weighted by Crippen LogP contribution is 2.17. The van der Waals surface area contributed by atoms with Crippen LogP contribution in [0.1, 0.15) is 13.3 Å². The fourth-order valence-electron chi connectivity index (χ4n) is 1.51. The highest BCUT2D eigenvalue weighted by atomic mass is 32.2. The van der Waals surface area contributed by atoms with Crippen molar-refractivity contribution in [1.82, 2.24) is 9.62 Å². The van der Waals surface area contributed by atoms with Crippen molar-refractivity contribution in [3.8, 4) is 0 Å². The lowest BCUT2D eigenvalue weighted by Crippen LogP contribution is -2.34. The number of nitrogens with one attached hydrogen (secondary N) is 2. The quantitative estimate of drug-likeness (QED) is 0.716. The van der Waals surface area contributed by atoms with Crippen molar-refractivity contribution in [2.45, 2.75) is 13.3 Å². The van der Waals surface area contributed by atoms with Gasteiger partial charge in [0.2, 0.25) is 0 Å². The second-order valence-corrected chi connectivity index (χ2v) is 6.04. The van der Waals surface area contributed by atoms with Crippen molar-refractivity contribution >= 4 is 15.9 Å². The van der Waals surface area contributed by atoms with Crippen molar-refractivity contribution in [3.63, 3.8) is 0 Å². The van der Waals surface area contributed by atoms with Crippen molar-refractivity contribution in [1.29, 1.82) is 0 Å². The van der Waals surface area contributed by atoms with Crippen LogP contribution in [-0.4, -0.2) is 39.4 Å². The predicted molar refractivity (Wildman–Crippen MR) is 74.7 cm³/mol. The van der Waals surface area contributed by atoms with E-state index in [0.29, 0.717) is 25.6 Å². The van der Waals surface area contributed by atoms with Crippen LogP contribution in [0.15, 0.2) is 18.2 Å². The molecule has 0 heterocycles. The minimum Gasteiger partial charge on any atom is -0.317 e. The largest absolute Gasteiger partial charge is 0.317 e. The van der Waals surface area contributed by atoms with Gasteiger partial charge in [-0.05, 0) is 31.6 Å². The topological polar surface area (TPSA) is 61.4 Å². The summed E-state index contributed by atoms with van der Waals surface area (Å²) in [5.41, 5.74) is -0.273. The molecule has 0 saturated heterocycles. The monoisotopic (exact) mass is 307 g/mol. The normalized spacial score (nSPS) is 11.8. The zero-order valence-electron chi connectivity index (χ0n) is 11.5. The molecule has 8 heteroatoms. The molecular weight excluding hydrogens is 288 g/mol. The fraction of sp³-hybridized carbons (Fsp3) is 0.500. The van der Waals surface area contributed by atoms with Gasteiger partial charge in [-0.3, -0.25) is 4.72 Å². The van der Waals surface area contributed by atoms with E-state index >= 15 is 0 Å². The van der Waals surface area contributed by atoms with Gasteiger partial charge in [-0.15, -0.1) is 0 Å². The Kier molecular flexibility index (Phi) is 6.31. The summed E-state index contributed by atoms with van der Waals surface area (Å²) < 4.78 is 53.2. The van der Waals surface area contributed by atoms with E-state index in [9.17, 15) is 17.2 Å². The highest BCUT2D eigenvalue weighted by Gasteiger charge is 2.18. The first-order valence-corrected chi connectivity index (χ1v) is 7.70. The fourth-order valence-corrected chi connectivity index (χ4v) is 2.48. The molecule has 5 nitrogen and oxygen atoms in total. The van der Waals surface area contributed by atoms with Gasteiger partial charge in [0.05, 0.1) is 5.69 Å². The Hall–Kier alpha value is -1.25. The van der Waals surface area contributed by atoms with E-state index in [-0.39, 0.29) is 5.69 Å². The summed E-state index contributed by atoms with van der Waals surface area (Å²) in [4.78, 5) is 0. The smallest absolute Gasteiger partial charge is 0.301 e. The van der Waals surface area contributed by atoms with E-state index in [1.807, 2.05) is 6.92 Å². The van der Waals surface area contributed by atoms with Gasteiger partial charge in [0, 0.05) is 19.7 Å². The van der Waals surface area contributed by atoms with Crippen molar-refractivity contribution < 1.29 is 17.2 Å². The number of anilines is 1. The van der Waals surface area contributed by atoms with Gasteiger partial charge in [-0.1, -0.05) is 6.92 Å². The Balaban J connectivity index is 2.64. The van der Waals surface area contributed by atoms with Crippen LogP contribution in [-0.2, 0) is 10.2 Å². The number of benzene rings is 1. The maximum Gasteiger partial charge on any atom is 0.301 e. The third kappa shape index (κ3) is 5.03. The average molecular weight is 307 g/mol. The molecule has 20 heavy (non-hydrogen) atoms. The molecule has 114 valence electrons. The van der Waals surface area contributed by atoms with E-state index in [2.05, 4.69) is 10.0 Å². The summed E-state index contributed by atoms with van der Waals surface area (Å²) in [7, 11) is -2.44. The molecule has 0 aliphatic carbocycles. The molecule has 0 saturated carbocycles. The summed E-state index contributed by atoms with van der Waals surface area (Å²) >= 11 is 0. The third-order valence-electron chi connectivity index (χ3n) is 2.66. The molecule has 0 bridgehead atoms. The van der Waals surface area contributed by atoms with Crippen LogP contribution in [0.5, 0.6) is 0 Å². The number of halogens is 2. The summed E-state index contributed by atoms with van der Waals surface area (Å²) in [6.45, 7) is 3.77. The molecule has 1 aromatic rings. The molecule has 0 radical (unpaired) electrons. The molecule has 0 aliphatic rings. The Labute approximate surface area is 118 Å². The summed E-state index contributed by atoms with van der Waals surface area (Å²) in [5, 5.41) is 3.08. The Bertz CT molecular complexity index is 538. The zero-order chi connectivity index (χ0) is 15.2. The molecule has 0 fully saturated rings.